The number of hydrogen-bond donors (Lipinski definition) is 1. The monoisotopic (exact) mass is 327 g/mol. The van der Waals surface area contributed by atoms with Gasteiger partial charge in [-0.2, -0.15) is 0 Å². The zero-order chi connectivity index (χ0) is 16.4. The molecule has 1 N–H and O–H groups in total. The Labute approximate surface area is 140 Å². The van der Waals surface area contributed by atoms with Crippen molar-refractivity contribution in [1.29, 1.82) is 0 Å². The molecule has 0 bridgehead atoms. The number of H-pyrrole nitrogens is 1. The maximum Gasteiger partial charge on any atom is 0.222 e. The number of aryl methyl sites for hydroxylation is 3. The highest BCUT2D eigenvalue weighted by Crippen LogP contribution is 2.21. The normalized spacial score (nSPS) is 11.1. The minimum absolute atomic E-state index is 0.165. The molecular formula is C18H21N3OS. The molecule has 120 valence electrons. The number of amides is 1. The van der Waals surface area contributed by atoms with Gasteiger partial charge in [-0.1, -0.05) is 11.6 Å². The Bertz CT molecular complexity index is 834. The van der Waals surface area contributed by atoms with E-state index in [1.807, 2.05) is 26.4 Å². The van der Waals surface area contributed by atoms with Gasteiger partial charge in [-0.25, -0.2) is 4.98 Å². The Morgan fingerprint density at radius 3 is 2.91 bits per heavy atom. The van der Waals surface area contributed by atoms with Crippen molar-refractivity contribution in [2.75, 3.05) is 7.05 Å². The molecule has 4 nitrogen and oxygen atoms in total. The van der Waals surface area contributed by atoms with Crippen molar-refractivity contribution in [1.82, 2.24) is 14.9 Å². The third kappa shape index (κ3) is 3.62. The lowest BCUT2D eigenvalue weighted by atomic mass is 10.1. The van der Waals surface area contributed by atoms with E-state index in [1.165, 1.54) is 16.5 Å². The maximum absolute atomic E-state index is 12.4. The molecule has 0 saturated carbocycles. The summed E-state index contributed by atoms with van der Waals surface area (Å²) in [4.78, 5) is 22.8. The first-order valence-electron chi connectivity index (χ1n) is 7.75. The summed E-state index contributed by atoms with van der Waals surface area (Å²) in [6.45, 7) is 4.71. The molecule has 2 aromatic heterocycles. The maximum atomic E-state index is 12.4. The number of rotatable bonds is 5. The largest absolute Gasteiger partial charge is 0.361 e. The number of hydrogen-bond acceptors (Lipinski definition) is 3. The molecule has 0 aliphatic carbocycles. The first-order valence-corrected chi connectivity index (χ1v) is 8.56. The molecule has 0 fully saturated rings. The van der Waals surface area contributed by atoms with Gasteiger partial charge in [0, 0.05) is 41.6 Å². The van der Waals surface area contributed by atoms with Gasteiger partial charge in [0.15, 0.2) is 0 Å². The van der Waals surface area contributed by atoms with E-state index in [2.05, 4.69) is 35.1 Å². The highest BCUT2D eigenvalue weighted by atomic mass is 32.1. The summed E-state index contributed by atoms with van der Waals surface area (Å²) in [5, 5.41) is 2.26. The van der Waals surface area contributed by atoms with Crippen LogP contribution in [0.4, 0.5) is 0 Å². The second-order valence-electron chi connectivity index (χ2n) is 5.96. The minimum Gasteiger partial charge on any atom is -0.361 e. The van der Waals surface area contributed by atoms with E-state index in [4.69, 9.17) is 0 Å². The van der Waals surface area contributed by atoms with Crippen LogP contribution in [0.5, 0.6) is 0 Å². The quantitative estimate of drug-likeness (QED) is 0.774. The van der Waals surface area contributed by atoms with Gasteiger partial charge < -0.3 is 9.88 Å². The second-order valence-corrected chi connectivity index (χ2v) is 7.28. The van der Waals surface area contributed by atoms with E-state index in [-0.39, 0.29) is 5.91 Å². The lowest BCUT2D eigenvalue weighted by molar-refractivity contribution is -0.130. The van der Waals surface area contributed by atoms with E-state index in [0.29, 0.717) is 13.0 Å². The van der Waals surface area contributed by atoms with Crippen LogP contribution in [-0.4, -0.2) is 27.8 Å². The fourth-order valence-electron chi connectivity index (χ4n) is 2.73. The van der Waals surface area contributed by atoms with Crippen LogP contribution in [0.2, 0.25) is 0 Å². The van der Waals surface area contributed by atoms with E-state index in [1.54, 1.807) is 16.2 Å². The zero-order valence-corrected chi connectivity index (χ0v) is 14.5. The molecule has 0 aliphatic heterocycles. The van der Waals surface area contributed by atoms with E-state index < -0.39 is 0 Å². The van der Waals surface area contributed by atoms with Crippen molar-refractivity contribution in [3.8, 4) is 0 Å². The number of aromatic nitrogens is 2. The van der Waals surface area contributed by atoms with Crippen molar-refractivity contribution in [3.63, 3.8) is 0 Å². The van der Waals surface area contributed by atoms with Crippen LogP contribution in [0.15, 0.2) is 30.6 Å². The summed E-state index contributed by atoms with van der Waals surface area (Å²) in [6, 6.07) is 6.36. The molecule has 1 aromatic carbocycles. The third-order valence-corrected chi connectivity index (χ3v) is 4.92. The van der Waals surface area contributed by atoms with Gasteiger partial charge in [-0.15, -0.1) is 11.3 Å². The molecule has 1 amide bonds. The summed E-state index contributed by atoms with van der Waals surface area (Å²) in [6.07, 6.45) is 5.15. The molecule has 0 aliphatic rings. The van der Waals surface area contributed by atoms with Crippen molar-refractivity contribution in [2.24, 2.45) is 0 Å². The first-order chi connectivity index (χ1) is 11.0. The average Bonchev–Trinajstić information content (AvgIpc) is 3.10. The zero-order valence-electron chi connectivity index (χ0n) is 13.7. The second kappa shape index (κ2) is 6.54. The van der Waals surface area contributed by atoms with Gasteiger partial charge in [0.2, 0.25) is 5.91 Å². The Morgan fingerprint density at radius 2 is 2.17 bits per heavy atom. The van der Waals surface area contributed by atoms with Crippen LogP contribution in [-0.2, 0) is 17.8 Å². The van der Waals surface area contributed by atoms with E-state index in [9.17, 15) is 4.79 Å². The van der Waals surface area contributed by atoms with Gasteiger partial charge in [0.1, 0.15) is 0 Å². The number of benzene rings is 1. The highest BCUT2D eigenvalue weighted by Gasteiger charge is 2.12. The lowest BCUT2D eigenvalue weighted by Crippen LogP contribution is -2.25. The average molecular weight is 327 g/mol. The number of carbonyl (C=O) groups is 1. The van der Waals surface area contributed by atoms with Gasteiger partial charge >= 0.3 is 0 Å². The Hall–Kier alpha value is -2.14. The predicted molar refractivity (Wildman–Crippen MR) is 94.7 cm³/mol. The van der Waals surface area contributed by atoms with Crippen molar-refractivity contribution in [3.05, 3.63) is 51.6 Å². The van der Waals surface area contributed by atoms with Gasteiger partial charge in [-0.05, 0) is 38.0 Å². The molecule has 5 heteroatoms. The van der Waals surface area contributed by atoms with Gasteiger partial charge in [-0.3, -0.25) is 4.79 Å². The molecule has 3 aromatic rings. The number of thiazole rings is 1. The van der Waals surface area contributed by atoms with E-state index in [0.717, 1.165) is 21.8 Å². The molecule has 0 spiro atoms. The predicted octanol–water partition coefficient (Wildman–Crippen LogP) is 3.83. The van der Waals surface area contributed by atoms with Crippen LogP contribution >= 0.6 is 11.3 Å². The van der Waals surface area contributed by atoms with Gasteiger partial charge in [0.05, 0.1) is 11.6 Å². The summed E-state index contributed by atoms with van der Waals surface area (Å²) >= 11 is 1.64. The molecule has 2 heterocycles. The fourth-order valence-corrected chi connectivity index (χ4v) is 3.58. The van der Waals surface area contributed by atoms with Crippen LogP contribution in [0.3, 0.4) is 0 Å². The first kappa shape index (κ1) is 15.7. The van der Waals surface area contributed by atoms with Gasteiger partial charge in [0.25, 0.3) is 0 Å². The van der Waals surface area contributed by atoms with Crippen LogP contribution in [0.1, 0.15) is 27.4 Å². The Kier molecular flexibility index (Phi) is 4.48. The van der Waals surface area contributed by atoms with E-state index >= 15 is 0 Å². The third-order valence-electron chi connectivity index (χ3n) is 4.02. The summed E-state index contributed by atoms with van der Waals surface area (Å²) in [5.41, 5.74) is 3.58. The lowest BCUT2D eigenvalue weighted by Gasteiger charge is -2.15. The number of nitrogens with one attached hydrogen (secondary N) is 1. The summed E-state index contributed by atoms with van der Waals surface area (Å²) in [7, 11) is 1.86. The minimum atomic E-state index is 0.165. The van der Waals surface area contributed by atoms with Crippen molar-refractivity contribution in [2.45, 2.75) is 33.2 Å². The van der Waals surface area contributed by atoms with Crippen LogP contribution in [0, 0.1) is 13.8 Å². The fraction of sp³-hybridized carbons (Fsp3) is 0.333. The molecule has 23 heavy (non-hydrogen) atoms. The Balaban J connectivity index is 1.62. The molecule has 0 saturated heterocycles. The molecule has 0 atom stereocenters. The summed E-state index contributed by atoms with van der Waals surface area (Å²) < 4.78 is 0. The number of carbonyl (C=O) groups excluding carboxylic acids is 1. The SMILES string of the molecule is Cc1ccc2[nH]cc(CCC(=O)N(C)Cc3cnc(C)s3)c2c1. The number of nitrogens with zero attached hydrogens (tertiary/aromatic N) is 2. The highest BCUT2D eigenvalue weighted by molar-refractivity contribution is 7.11. The van der Waals surface area contributed by atoms with Crippen LogP contribution < -0.4 is 0 Å². The summed E-state index contributed by atoms with van der Waals surface area (Å²) in [5.74, 6) is 0.165. The van der Waals surface area contributed by atoms with Crippen LogP contribution in [0.25, 0.3) is 10.9 Å². The molecular weight excluding hydrogens is 306 g/mol. The van der Waals surface area contributed by atoms with Crippen molar-refractivity contribution < 1.29 is 4.79 Å². The molecule has 3 rings (SSSR count). The Morgan fingerprint density at radius 1 is 1.35 bits per heavy atom. The smallest absolute Gasteiger partial charge is 0.222 e. The number of fused-ring (bicyclic) bond motifs is 1. The standard InChI is InChI=1S/C18H21N3OS/c1-12-4-6-17-16(8-12)14(9-20-17)5-7-18(22)21(3)11-15-10-19-13(2)23-15/h4,6,8-10,20H,5,7,11H2,1-3H3. The number of aromatic amines is 1. The van der Waals surface area contributed by atoms with Crippen molar-refractivity contribution >= 4 is 28.1 Å². The molecule has 0 unspecified atom stereocenters. The molecule has 0 radical (unpaired) electrons. The topological polar surface area (TPSA) is 49.0 Å².